The Morgan fingerprint density at radius 1 is 1.62 bits per heavy atom. The van der Waals surface area contributed by atoms with Gasteiger partial charge < -0.3 is 0 Å². The fourth-order valence-electron chi connectivity index (χ4n) is 0.977. The molecule has 1 N–H and O–H groups in total. The molecule has 0 heterocycles. The number of terminal acetylenes is 1. The lowest BCUT2D eigenvalue weighted by molar-refractivity contribution is 0.648. The van der Waals surface area contributed by atoms with E-state index in [-0.39, 0.29) is 6.04 Å². The van der Waals surface area contributed by atoms with E-state index in [1.807, 2.05) is 6.92 Å². The van der Waals surface area contributed by atoms with Gasteiger partial charge in [-0.1, -0.05) is 18.1 Å². The Bertz CT molecular complexity index is 314. The Morgan fingerprint density at radius 3 is 3.00 bits per heavy atom. The zero-order valence-corrected chi connectivity index (χ0v) is 9.71. The molecule has 0 aliphatic rings. The van der Waals surface area contributed by atoms with Crippen LogP contribution in [0.5, 0.6) is 0 Å². The average Bonchev–Trinajstić information content (AvgIpc) is 2.14. The zero-order valence-electron chi connectivity index (χ0n) is 7.55. The second-order valence-corrected chi connectivity index (χ2v) is 4.14. The first-order valence-electron chi connectivity index (χ1n) is 4.16. The van der Waals surface area contributed by atoms with Crippen LogP contribution in [0.2, 0.25) is 0 Å². The van der Waals surface area contributed by atoms with Crippen LogP contribution in [-0.4, -0.2) is 6.04 Å². The van der Waals surface area contributed by atoms with Gasteiger partial charge in [0.1, 0.15) is 0 Å². The van der Waals surface area contributed by atoms with E-state index in [1.54, 1.807) is 0 Å². The summed E-state index contributed by atoms with van der Waals surface area (Å²) in [5, 5.41) is 3.24. The van der Waals surface area contributed by atoms with Gasteiger partial charge in [-0.25, -0.2) is 0 Å². The minimum absolute atomic E-state index is 0.137. The van der Waals surface area contributed by atoms with E-state index in [2.05, 4.69) is 58.1 Å². The fraction of sp³-hybridized carbons (Fsp3) is 0.273. The molecular formula is C11H12IN. The average molecular weight is 285 g/mol. The summed E-state index contributed by atoms with van der Waals surface area (Å²) in [5.74, 6) is 2.64. The maximum absolute atomic E-state index is 5.25. The van der Waals surface area contributed by atoms with Crippen molar-refractivity contribution in [3.05, 3.63) is 33.4 Å². The first-order chi connectivity index (χ1) is 6.22. The van der Waals surface area contributed by atoms with Gasteiger partial charge in [-0.3, -0.25) is 5.32 Å². The van der Waals surface area contributed by atoms with E-state index >= 15 is 0 Å². The van der Waals surface area contributed by atoms with Crippen LogP contribution in [0.25, 0.3) is 0 Å². The van der Waals surface area contributed by atoms with E-state index in [1.165, 1.54) is 9.13 Å². The number of hydrogen-bond acceptors (Lipinski definition) is 1. The molecular weight excluding hydrogens is 273 g/mol. The van der Waals surface area contributed by atoms with Gasteiger partial charge in [-0.2, -0.15) is 0 Å². The van der Waals surface area contributed by atoms with Crippen LogP contribution in [0.15, 0.2) is 24.3 Å². The maximum Gasteiger partial charge on any atom is 0.0660 e. The smallest absolute Gasteiger partial charge is 0.0660 e. The van der Waals surface area contributed by atoms with Gasteiger partial charge in [0.2, 0.25) is 0 Å². The minimum atomic E-state index is 0.137. The number of hydrogen-bond donors (Lipinski definition) is 1. The minimum Gasteiger partial charge on any atom is -0.300 e. The van der Waals surface area contributed by atoms with Gasteiger partial charge in [0.25, 0.3) is 0 Å². The largest absolute Gasteiger partial charge is 0.300 e. The topological polar surface area (TPSA) is 12.0 Å². The highest BCUT2D eigenvalue weighted by Gasteiger charge is 1.96. The third kappa shape index (κ3) is 3.79. The number of nitrogens with one attached hydrogen (secondary N) is 1. The van der Waals surface area contributed by atoms with Crippen LogP contribution in [0.1, 0.15) is 12.5 Å². The van der Waals surface area contributed by atoms with Gasteiger partial charge >= 0.3 is 0 Å². The molecule has 0 aliphatic carbocycles. The SMILES string of the molecule is C#CC(C)NCc1cccc(I)c1. The van der Waals surface area contributed by atoms with Gasteiger partial charge in [-0.15, -0.1) is 6.42 Å². The molecule has 0 aromatic heterocycles. The van der Waals surface area contributed by atoms with Crippen LogP contribution in [0, 0.1) is 15.9 Å². The predicted molar refractivity (Wildman–Crippen MR) is 64.3 cm³/mol. The molecule has 0 amide bonds. The van der Waals surface area contributed by atoms with Gasteiger partial charge in [0, 0.05) is 10.1 Å². The highest BCUT2D eigenvalue weighted by atomic mass is 127. The predicted octanol–water partition coefficient (Wildman–Crippen LogP) is 2.40. The van der Waals surface area contributed by atoms with Crippen LogP contribution < -0.4 is 5.32 Å². The lowest BCUT2D eigenvalue weighted by Gasteiger charge is -2.07. The van der Waals surface area contributed by atoms with Gasteiger partial charge in [0.05, 0.1) is 6.04 Å². The molecule has 13 heavy (non-hydrogen) atoms. The first-order valence-corrected chi connectivity index (χ1v) is 5.24. The number of benzene rings is 1. The Balaban J connectivity index is 2.51. The quantitative estimate of drug-likeness (QED) is 0.664. The van der Waals surface area contributed by atoms with Crippen molar-refractivity contribution in [3.63, 3.8) is 0 Å². The molecule has 0 saturated carbocycles. The summed E-state index contributed by atoms with van der Waals surface area (Å²) >= 11 is 2.30. The van der Waals surface area contributed by atoms with Crippen LogP contribution >= 0.6 is 22.6 Å². The molecule has 0 radical (unpaired) electrons. The summed E-state index contributed by atoms with van der Waals surface area (Å²) in [7, 11) is 0. The van der Waals surface area contributed by atoms with Crippen molar-refractivity contribution in [2.75, 3.05) is 0 Å². The van der Waals surface area contributed by atoms with Crippen molar-refractivity contribution in [3.8, 4) is 12.3 Å². The molecule has 2 heteroatoms. The fourth-order valence-corrected chi connectivity index (χ4v) is 1.58. The third-order valence-corrected chi connectivity index (χ3v) is 2.42. The highest BCUT2D eigenvalue weighted by molar-refractivity contribution is 14.1. The summed E-state index contributed by atoms with van der Waals surface area (Å²) in [6, 6.07) is 8.52. The first kappa shape index (κ1) is 10.6. The summed E-state index contributed by atoms with van der Waals surface area (Å²) < 4.78 is 1.25. The van der Waals surface area contributed by atoms with E-state index in [0.29, 0.717) is 0 Å². The normalized spacial score (nSPS) is 12.1. The second kappa shape index (κ2) is 5.25. The van der Waals surface area contributed by atoms with Crippen LogP contribution in [-0.2, 0) is 6.54 Å². The second-order valence-electron chi connectivity index (χ2n) is 2.90. The summed E-state index contributed by atoms with van der Waals surface area (Å²) in [4.78, 5) is 0. The van der Waals surface area contributed by atoms with Crippen molar-refractivity contribution >= 4 is 22.6 Å². The Morgan fingerprint density at radius 2 is 2.38 bits per heavy atom. The van der Waals surface area contributed by atoms with Crippen LogP contribution in [0.3, 0.4) is 0 Å². The third-order valence-electron chi connectivity index (χ3n) is 1.75. The standard InChI is InChI=1S/C11H12IN/c1-3-9(2)13-8-10-5-4-6-11(12)7-10/h1,4-7,9,13H,8H2,2H3. The number of halogens is 1. The monoisotopic (exact) mass is 285 g/mol. The summed E-state index contributed by atoms with van der Waals surface area (Å²) in [6.07, 6.45) is 5.25. The van der Waals surface area contributed by atoms with Gasteiger partial charge in [-0.05, 0) is 47.2 Å². The zero-order chi connectivity index (χ0) is 9.68. The molecule has 1 rings (SSSR count). The molecule has 1 aromatic rings. The Hall–Kier alpha value is -0.530. The van der Waals surface area contributed by atoms with Crippen molar-refractivity contribution < 1.29 is 0 Å². The molecule has 0 spiro atoms. The summed E-state index contributed by atoms with van der Waals surface area (Å²) in [6.45, 7) is 2.82. The van der Waals surface area contributed by atoms with E-state index in [4.69, 9.17) is 6.42 Å². The van der Waals surface area contributed by atoms with E-state index < -0.39 is 0 Å². The van der Waals surface area contributed by atoms with Crippen molar-refractivity contribution in [2.45, 2.75) is 19.5 Å². The molecule has 0 aliphatic heterocycles. The molecule has 0 fully saturated rings. The van der Waals surface area contributed by atoms with Crippen molar-refractivity contribution in [2.24, 2.45) is 0 Å². The number of rotatable bonds is 3. The molecule has 1 atom stereocenters. The Kier molecular flexibility index (Phi) is 4.26. The lowest BCUT2D eigenvalue weighted by Crippen LogP contribution is -2.23. The molecule has 1 aromatic carbocycles. The molecule has 0 bridgehead atoms. The van der Waals surface area contributed by atoms with E-state index in [9.17, 15) is 0 Å². The molecule has 0 saturated heterocycles. The van der Waals surface area contributed by atoms with E-state index in [0.717, 1.165) is 6.54 Å². The highest BCUT2D eigenvalue weighted by Crippen LogP contribution is 2.07. The Labute approximate surface area is 93.1 Å². The van der Waals surface area contributed by atoms with Crippen molar-refractivity contribution in [1.29, 1.82) is 0 Å². The molecule has 68 valence electrons. The molecule has 1 nitrogen and oxygen atoms in total. The lowest BCUT2D eigenvalue weighted by atomic mass is 10.2. The maximum atomic E-state index is 5.25. The van der Waals surface area contributed by atoms with Crippen molar-refractivity contribution in [1.82, 2.24) is 5.32 Å². The van der Waals surface area contributed by atoms with Gasteiger partial charge in [0.15, 0.2) is 0 Å². The summed E-state index contributed by atoms with van der Waals surface area (Å²) in [5.41, 5.74) is 1.27. The molecule has 1 unspecified atom stereocenters. The van der Waals surface area contributed by atoms with Crippen LogP contribution in [0.4, 0.5) is 0 Å².